The van der Waals surface area contributed by atoms with Gasteiger partial charge >= 0.3 is 5.97 Å². The fraction of sp³-hybridized carbons (Fsp3) is 0.0588. The van der Waals surface area contributed by atoms with Crippen LogP contribution in [0.15, 0.2) is 61.3 Å². The zero-order valence-electron chi connectivity index (χ0n) is 12.8. The average molecular weight is 322 g/mol. The lowest BCUT2D eigenvalue weighted by atomic mass is 10.2. The molecule has 7 nitrogen and oxygen atoms in total. The first-order valence-electron chi connectivity index (χ1n) is 7.11. The molecular weight excluding hydrogens is 308 g/mol. The first-order valence-corrected chi connectivity index (χ1v) is 7.11. The number of nitrogens with zero attached hydrogens (tertiary/aromatic N) is 3. The SMILES string of the molecule is COC(=O)c1ccc(NC(=O)c2ccc(-n3ccnc3)cc2)nc1. The summed E-state index contributed by atoms with van der Waals surface area (Å²) < 4.78 is 6.44. The van der Waals surface area contributed by atoms with Crippen molar-refractivity contribution in [2.75, 3.05) is 12.4 Å². The number of pyridine rings is 1. The summed E-state index contributed by atoms with van der Waals surface area (Å²) in [7, 11) is 1.30. The Bertz CT molecular complexity index is 841. The van der Waals surface area contributed by atoms with Crippen LogP contribution in [0.2, 0.25) is 0 Å². The Hall–Kier alpha value is -3.48. The van der Waals surface area contributed by atoms with Gasteiger partial charge in [0, 0.05) is 29.8 Å². The summed E-state index contributed by atoms with van der Waals surface area (Å²) in [6, 6.07) is 10.2. The van der Waals surface area contributed by atoms with Crippen LogP contribution >= 0.6 is 0 Å². The lowest BCUT2D eigenvalue weighted by Gasteiger charge is -2.07. The number of carbonyl (C=O) groups excluding carboxylic acids is 2. The number of amides is 1. The highest BCUT2D eigenvalue weighted by molar-refractivity contribution is 6.04. The molecule has 0 aliphatic heterocycles. The number of esters is 1. The Morgan fingerprint density at radius 1 is 1.08 bits per heavy atom. The number of rotatable bonds is 4. The van der Waals surface area contributed by atoms with Gasteiger partial charge in [-0.1, -0.05) is 0 Å². The molecule has 1 aromatic carbocycles. The van der Waals surface area contributed by atoms with Crippen molar-refractivity contribution in [1.29, 1.82) is 0 Å². The maximum atomic E-state index is 12.2. The molecule has 0 saturated heterocycles. The second kappa shape index (κ2) is 6.74. The van der Waals surface area contributed by atoms with Crippen LogP contribution in [-0.4, -0.2) is 33.5 Å². The molecule has 2 aromatic heterocycles. The molecule has 0 bridgehead atoms. The van der Waals surface area contributed by atoms with Crippen LogP contribution in [0.5, 0.6) is 0 Å². The fourth-order valence-electron chi connectivity index (χ4n) is 2.09. The Labute approximate surface area is 137 Å². The predicted octanol–water partition coefficient (Wildman–Crippen LogP) is 2.31. The number of ether oxygens (including phenoxy) is 1. The molecular formula is C17H14N4O3. The van der Waals surface area contributed by atoms with Gasteiger partial charge in [0.1, 0.15) is 5.82 Å². The van der Waals surface area contributed by atoms with Crippen molar-refractivity contribution in [3.8, 4) is 5.69 Å². The van der Waals surface area contributed by atoms with E-state index in [1.54, 1.807) is 30.7 Å². The highest BCUT2D eigenvalue weighted by atomic mass is 16.5. The number of nitrogens with one attached hydrogen (secondary N) is 1. The molecule has 3 aromatic rings. The van der Waals surface area contributed by atoms with Crippen molar-refractivity contribution in [2.45, 2.75) is 0 Å². The van der Waals surface area contributed by atoms with Gasteiger partial charge in [0.05, 0.1) is 19.0 Å². The third kappa shape index (κ3) is 3.30. The van der Waals surface area contributed by atoms with Crippen LogP contribution in [0, 0.1) is 0 Å². The van der Waals surface area contributed by atoms with Crippen LogP contribution in [0.1, 0.15) is 20.7 Å². The van der Waals surface area contributed by atoms with Crippen LogP contribution in [0.25, 0.3) is 5.69 Å². The number of benzene rings is 1. The first-order chi connectivity index (χ1) is 11.7. The Morgan fingerprint density at radius 3 is 2.42 bits per heavy atom. The summed E-state index contributed by atoms with van der Waals surface area (Å²) in [6.07, 6.45) is 6.54. The Morgan fingerprint density at radius 2 is 1.83 bits per heavy atom. The molecule has 1 amide bonds. The number of methoxy groups -OCH3 is 1. The van der Waals surface area contributed by atoms with Crippen molar-refractivity contribution in [3.63, 3.8) is 0 Å². The summed E-state index contributed by atoms with van der Waals surface area (Å²) in [5.74, 6) is -0.410. The molecule has 0 aliphatic carbocycles. The molecule has 0 atom stereocenters. The van der Waals surface area contributed by atoms with Crippen LogP contribution in [0.3, 0.4) is 0 Å². The number of aromatic nitrogens is 3. The van der Waals surface area contributed by atoms with Gasteiger partial charge in [-0.25, -0.2) is 14.8 Å². The number of hydrogen-bond donors (Lipinski definition) is 1. The van der Waals surface area contributed by atoms with E-state index in [0.29, 0.717) is 16.9 Å². The average Bonchev–Trinajstić information content (AvgIpc) is 3.16. The van der Waals surface area contributed by atoms with Crippen LogP contribution in [0.4, 0.5) is 5.82 Å². The molecule has 0 radical (unpaired) electrons. The summed E-state index contributed by atoms with van der Waals surface area (Å²) in [6.45, 7) is 0. The van der Waals surface area contributed by atoms with Gasteiger partial charge in [0.15, 0.2) is 0 Å². The molecule has 0 spiro atoms. The molecule has 2 heterocycles. The van der Waals surface area contributed by atoms with E-state index in [1.807, 2.05) is 22.9 Å². The number of anilines is 1. The monoisotopic (exact) mass is 322 g/mol. The fourth-order valence-corrected chi connectivity index (χ4v) is 2.09. The van der Waals surface area contributed by atoms with Crippen molar-refractivity contribution in [1.82, 2.24) is 14.5 Å². The summed E-state index contributed by atoms with van der Waals surface area (Å²) >= 11 is 0. The highest BCUT2D eigenvalue weighted by Crippen LogP contribution is 2.12. The lowest BCUT2D eigenvalue weighted by molar-refractivity contribution is 0.0600. The third-order valence-electron chi connectivity index (χ3n) is 3.36. The van der Waals surface area contributed by atoms with E-state index in [4.69, 9.17) is 0 Å². The maximum Gasteiger partial charge on any atom is 0.339 e. The third-order valence-corrected chi connectivity index (χ3v) is 3.36. The zero-order valence-corrected chi connectivity index (χ0v) is 12.8. The van der Waals surface area contributed by atoms with E-state index in [9.17, 15) is 9.59 Å². The van der Waals surface area contributed by atoms with E-state index in [1.165, 1.54) is 19.4 Å². The molecule has 0 saturated carbocycles. The van der Waals surface area contributed by atoms with Crippen LogP contribution < -0.4 is 5.32 Å². The van der Waals surface area contributed by atoms with E-state index < -0.39 is 5.97 Å². The van der Waals surface area contributed by atoms with E-state index in [0.717, 1.165) is 5.69 Å². The second-order valence-corrected chi connectivity index (χ2v) is 4.89. The Kier molecular flexibility index (Phi) is 4.33. The summed E-state index contributed by atoms with van der Waals surface area (Å²) in [4.78, 5) is 31.6. The number of imidazole rings is 1. The number of hydrogen-bond acceptors (Lipinski definition) is 5. The largest absolute Gasteiger partial charge is 0.465 e. The summed E-state index contributed by atoms with van der Waals surface area (Å²) in [5.41, 5.74) is 1.72. The maximum absolute atomic E-state index is 12.2. The van der Waals surface area contributed by atoms with E-state index >= 15 is 0 Å². The number of carbonyl (C=O) groups is 2. The second-order valence-electron chi connectivity index (χ2n) is 4.89. The standard InChI is InChI=1S/C17H14N4O3/c1-24-17(23)13-4-7-15(19-10-13)20-16(22)12-2-5-14(6-3-12)21-9-8-18-11-21/h2-11H,1H3,(H,19,20,22). The van der Waals surface area contributed by atoms with Crippen molar-refractivity contribution in [2.24, 2.45) is 0 Å². The molecule has 120 valence electrons. The van der Waals surface area contributed by atoms with Crippen molar-refractivity contribution >= 4 is 17.7 Å². The van der Waals surface area contributed by atoms with Gasteiger partial charge in [-0.15, -0.1) is 0 Å². The van der Waals surface area contributed by atoms with Crippen molar-refractivity contribution in [3.05, 3.63) is 72.4 Å². The minimum Gasteiger partial charge on any atom is -0.465 e. The van der Waals surface area contributed by atoms with Gasteiger partial charge < -0.3 is 14.6 Å². The minimum atomic E-state index is -0.476. The van der Waals surface area contributed by atoms with E-state index in [-0.39, 0.29) is 5.91 Å². The molecule has 0 unspecified atom stereocenters. The molecule has 24 heavy (non-hydrogen) atoms. The highest BCUT2D eigenvalue weighted by Gasteiger charge is 2.09. The quantitative estimate of drug-likeness (QED) is 0.745. The lowest BCUT2D eigenvalue weighted by Crippen LogP contribution is -2.13. The topological polar surface area (TPSA) is 86.1 Å². The summed E-state index contributed by atoms with van der Waals surface area (Å²) in [5, 5.41) is 2.68. The predicted molar refractivity (Wildman–Crippen MR) is 87.1 cm³/mol. The molecule has 7 heteroatoms. The first kappa shape index (κ1) is 15.4. The molecule has 1 N–H and O–H groups in total. The normalized spacial score (nSPS) is 10.2. The van der Waals surface area contributed by atoms with Gasteiger partial charge in [-0.2, -0.15) is 0 Å². The molecule has 3 rings (SSSR count). The van der Waals surface area contributed by atoms with Crippen molar-refractivity contribution < 1.29 is 14.3 Å². The molecule has 0 aliphatic rings. The smallest absolute Gasteiger partial charge is 0.339 e. The van der Waals surface area contributed by atoms with Gasteiger partial charge in [-0.3, -0.25) is 4.79 Å². The van der Waals surface area contributed by atoms with Gasteiger partial charge in [0.25, 0.3) is 5.91 Å². The Balaban J connectivity index is 1.69. The minimum absolute atomic E-state index is 0.287. The van der Waals surface area contributed by atoms with Gasteiger partial charge in [0.2, 0.25) is 0 Å². The zero-order chi connectivity index (χ0) is 16.9. The van der Waals surface area contributed by atoms with E-state index in [2.05, 4.69) is 20.0 Å². The van der Waals surface area contributed by atoms with Crippen LogP contribution in [-0.2, 0) is 4.74 Å². The molecule has 0 fully saturated rings. The van der Waals surface area contributed by atoms with Gasteiger partial charge in [-0.05, 0) is 36.4 Å².